The average Bonchev–Trinajstić information content (AvgIpc) is 3.16. The van der Waals surface area contributed by atoms with Gasteiger partial charge in [0, 0.05) is 21.2 Å². The molecule has 1 aliphatic rings. The van der Waals surface area contributed by atoms with Gasteiger partial charge in [-0.25, -0.2) is 4.79 Å². The maximum atomic E-state index is 13.1. The van der Waals surface area contributed by atoms with Gasteiger partial charge in [0.2, 0.25) is 5.91 Å². The number of halogens is 1. The van der Waals surface area contributed by atoms with Crippen molar-refractivity contribution in [3.63, 3.8) is 0 Å². The third-order valence-electron chi connectivity index (χ3n) is 4.29. The zero-order valence-electron chi connectivity index (χ0n) is 15.5. The van der Waals surface area contributed by atoms with Crippen molar-refractivity contribution in [3.8, 4) is 0 Å². The Balaban J connectivity index is 1.81. The zero-order chi connectivity index (χ0) is 19.9. The molecule has 0 saturated carbocycles. The molecule has 0 N–H and O–H groups in total. The molecule has 1 amide bonds. The lowest BCUT2D eigenvalue weighted by molar-refractivity contribution is -0.153. The second-order valence-corrected chi connectivity index (χ2v) is 8.86. The van der Waals surface area contributed by atoms with E-state index in [0.717, 1.165) is 16.9 Å². The van der Waals surface area contributed by atoms with Gasteiger partial charge in [0.05, 0.1) is 12.4 Å². The highest BCUT2D eigenvalue weighted by Gasteiger charge is 2.43. The number of hydrogen-bond acceptors (Lipinski definition) is 5. The van der Waals surface area contributed by atoms with Crippen molar-refractivity contribution in [3.05, 3.63) is 65.2 Å². The fraction of sp³-hybridized carbons (Fsp3) is 0.333. The van der Waals surface area contributed by atoms with Gasteiger partial charge in [-0.15, -0.1) is 23.5 Å². The lowest BCUT2D eigenvalue weighted by atomic mass is 10.1. The molecule has 2 aromatic rings. The molecule has 0 radical (unpaired) electrons. The van der Waals surface area contributed by atoms with Crippen LogP contribution in [0.2, 0.25) is 5.02 Å². The van der Waals surface area contributed by atoms with E-state index in [9.17, 15) is 9.59 Å². The Bertz CT molecular complexity index is 818. The summed E-state index contributed by atoms with van der Waals surface area (Å²) in [5.74, 6) is 0.313. The third kappa shape index (κ3) is 5.04. The summed E-state index contributed by atoms with van der Waals surface area (Å²) in [6.07, 6.45) is 0.747. The van der Waals surface area contributed by atoms with Crippen molar-refractivity contribution in [2.45, 2.75) is 29.7 Å². The van der Waals surface area contributed by atoms with Crippen LogP contribution in [0.1, 0.15) is 24.3 Å². The largest absolute Gasteiger partial charge is 0.464 e. The molecule has 4 nitrogen and oxygen atoms in total. The number of rotatable bonds is 7. The Hall–Kier alpha value is -1.63. The van der Waals surface area contributed by atoms with Gasteiger partial charge in [0.1, 0.15) is 11.4 Å². The number of benzene rings is 2. The normalized spacial score (nSPS) is 18.9. The average molecular weight is 436 g/mol. The molecule has 7 heteroatoms. The first-order valence-corrected chi connectivity index (χ1v) is 11.5. The summed E-state index contributed by atoms with van der Waals surface area (Å²) in [6, 6.07) is 16.6. The maximum absolute atomic E-state index is 13.1. The molecule has 2 unspecified atom stereocenters. The minimum absolute atomic E-state index is 0.0952. The lowest BCUT2D eigenvalue weighted by Gasteiger charge is -2.29. The molecule has 2 atom stereocenters. The van der Waals surface area contributed by atoms with Crippen LogP contribution in [0, 0.1) is 0 Å². The van der Waals surface area contributed by atoms with E-state index < -0.39 is 6.04 Å². The van der Waals surface area contributed by atoms with Gasteiger partial charge in [-0.3, -0.25) is 4.79 Å². The van der Waals surface area contributed by atoms with E-state index in [4.69, 9.17) is 16.3 Å². The Morgan fingerprint density at radius 3 is 2.61 bits per heavy atom. The minimum Gasteiger partial charge on any atom is -0.464 e. The van der Waals surface area contributed by atoms with Gasteiger partial charge in [-0.2, -0.15) is 0 Å². The maximum Gasteiger partial charge on any atom is 0.329 e. The van der Waals surface area contributed by atoms with E-state index in [1.165, 1.54) is 11.8 Å². The molecule has 1 heterocycles. The molecular formula is C21H22ClNO3S2. The second-order valence-electron chi connectivity index (χ2n) is 6.29. The molecular weight excluding hydrogens is 414 g/mol. The van der Waals surface area contributed by atoms with E-state index >= 15 is 0 Å². The Morgan fingerprint density at radius 2 is 1.89 bits per heavy atom. The van der Waals surface area contributed by atoms with Crippen LogP contribution in [0.15, 0.2) is 59.5 Å². The van der Waals surface area contributed by atoms with Gasteiger partial charge in [0.15, 0.2) is 0 Å². The Labute approximate surface area is 179 Å². The predicted octanol–water partition coefficient (Wildman–Crippen LogP) is 5.03. The topological polar surface area (TPSA) is 46.6 Å². The molecule has 0 aliphatic carbocycles. The number of carbonyl (C=O) groups is 2. The van der Waals surface area contributed by atoms with Crippen molar-refractivity contribution in [2.24, 2.45) is 0 Å². The number of nitrogens with zero attached hydrogens (tertiary/aromatic N) is 1. The summed E-state index contributed by atoms with van der Waals surface area (Å²) >= 11 is 9.40. The molecule has 1 saturated heterocycles. The molecule has 3 rings (SSSR count). The summed E-state index contributed by atoms with van der Waals surface area (Å²) in [7, 11) is 0. The summed E-state index contributed by atoms with van der Waals surface area (Å²) < 4.78 is 5.35. The summed E-state index contributed by atoms with van der Waals surface area (Å²) in [4.78, 5) is 28.4. The Kier molecular flexibility index (Phi) is 7.71. The molecule has 28 heavy (non-hydrogen) atoms. The van der Waals surface area contributed by atoms with Crippen LogP contribution in [0.3, 0.4) is 0 Å². The van der Waals surface area contributed by atoms with Crippen LogP contribution in [-0.2, 0) is 14.3 Å². The van der Waals surface area contributed by atoms with E-state index in [1.54, 1.807) is 16.7 Å². The first-order valence-electron chi connectivity index (χ1n) is 9.13. The van der Waals surface area contributed by atoms with Crippen molar-refractivity contribution in [2.75, 3.05) is 18.1 Å². The Morgan fingerprint density at radius 1 is 1.18 bits per heavy atom. The highest BCUT2D eigenvalue weighted by molar-refractivity contribution is 8.00. The van der Waals surface area contributed by atoms with Gasteiger partial charge in [-0.05, 0) is 24.6 Å². The number of ether oxygens (including phenoxy) is 1. The second kappa shape index (κ2) is 10.2. The molecule has 148 valence electrons. The van der Waals surface area contributed by atoms with Gasteiger partial charge in [-0.1, -0.05) is 54.9 Å². The smallest absolute Gasteiger partial charge is 0.329 e. The molecule has 0 spiro atoms. The van der Waals surface area contributed by atoms with Crippen LogP contribution in [-0.4, -0.2) is 40.9 Å². The van der Waals surface area contributed by atoms with Gasteiger partial charge in [0.25, 0.3) is 0 Å². The summed E-state index contributed by atoms with van der Waals surface area (Å²) in [6.45, 7) is 2.31. The fourth-order valence-electron chi connectivity index (χ4n) is 2.94. The monoisotopic (exact) mass is 435 g/mol. The predicted molar refractivity (Wildman–Crippen MR) is 116 cm³/mol. The van der Waals surface area contributed by atoms with Crippen LogP contribution >= 0.6 is 35.1 Å². The van der Waals surface area contributed by atoms with Crippen molar-refractivity contribution >= 4 is 47.0 Å². The molecule has 0 aromatic heterocycles. The third-order valence-corrected chi connectivity index (χ3v) is 6.93. The number of esters is 1. The lowest BCUT2D eigenvalue weighted by Crippen LogP contribution is -2.44. The highest BCUT2D eigenvalue weighted by atomic mass is 35.5. The molecule has 1 aliphatic heterocycles. The van der Waals surface area contributed by atoms with Gasteiger partial charge < -0.3 is 9.64 Å². The van der Waals surface area contributed by atoms with E-state index in [1.807, 2.05) is 61.5 Å². The van der Waals surface area contributed by atoms with Crippen molar-refractivity contribution in [1.29, 1.82) is 0 Å². The first kappa shape index (κ1) is 21.1. The number of thioether (sulfide) groups is 2. The number of amides is 1. The first-order chi connectivity index (χ1) is 13.6. The van der Waals surface area contributed by atoms with Crippen molar-refractivity contribution < 1.29 is 14.3 Å². The number of hydrogen-bond donors (Lipinski definition) is 0. The standard InChI is InChI=1S/C21H22ClNO3S2/c1-2-12-26-21(25)18-13-28-20(16-10-6-7-11-17(16)22)23(18)19(24)14-27-15-8-4-3-5-9-15/h3-11,18,20H,2,12-14H2,1H3. The number of carbonyl (C=O) groups excluding carboxylic acids is 2. The molecule has 2 aromatic carbocycles. The SMILES string of the molecule is CCCOC(=O)C1CSC(c2ccccc2Cl)N1C(=O)CSc1ccccc1. The van der Waals surface area contributed by atoms with E-state index in [-0.39, 0.29) is 23.0 Å². The van der Waals surface area contributed by atoms with Crippen LogP contribution in [0.4, 0.5) is 0 Å². The van der Waals surface area contributed by atoms with E-state index in [2.05, 4.69) is 0 Å². The van der Waals surface area contributed by atoms with Crippen molar-refractivity contribution in [1.82, 2.24) is 4.90 Å². The highest BCUT2D eigenvalue weighted by Crippen LogP contribution is 2.44. The van der Waals surface area contributed by atoms with Crippen LogP contribution in [0.25, 0.3) is 0 Å². The van der Waals surface area contributed by atoms with Crippen LogP contribution < -0.4 is 0 Å². The summed E-state index contributed by atoms with van der Waals surface area (Å²) in [5, 5.41) is 0.299. The molecule has 0 bridgehead atoms. The zero-order valence-corrected chi connectivity index (χ0v) is 17.9. The van der Waals surface area contributed by atoms with Gasteiger partial charge >= 0.3 is 5.97 Å². The van der Waals surface area contributed by atoms with Crippen LogP contribution in [0.5, 0.6) is 0 Å². The minimum atomic E-state index is -0.596. The fourth-order valence-corrected chi connectivity index (χ4v) is 5.51. The quantitative estimate of drug-likeness (QED) is 0.451. The molecule has 1 fully saturated rings. The van der Waals surface area contributed by atoms with E-state index in [0.29, 0.717) is 17.4 Å². The summed E-state index contributed by atoms with van der Waals surface area (Å²) in [5.41, 5.74) is 0.845.